The highest BCUT2D eigenvalue weighted by molar-refractivity contribution is 5.93. The third kappa shape index (κ3) is 5.89. The highest BCUT2D eigenvalue weighted by Crippen LogP contribution is 2.39. The lowest BCUT2D eigenvalue weighted by atomic mass is 9.80. The third-order valence-corrected chi connectivity index (χ3v) is 7.93. The number of H-pyrrole nitrogens is 1. The molecule has 0 saturated carbocycles. The first-order chi connectivity index (χ1) is 20.1. The fourth-order valence-electron chi connectivity index (χ4n) is 5.72. The molecule has 12 heteroatoms. The van der Waals surface area contributed by atoms with Gasteiger partial charge in [-0.1, -0.05) is 6.92 Å². The Morgan fingerprint density at radius 1 is 1.12 bits per heavy atom. The summed E-state index contributed by atoms with van der Waals surface area (Å²) in [6.07, 6.45) is 3.42. The fourth-order valence-corrected chi connectivity index (χ4v) is 5.72. The van der Waals surface area contributed by atoms with E-state index in [2.05, 4.69) is 30.2 Å². The summed E-state index contributed by atoms with van der Waals surface area (Å²) in [5.41, 5.74) is 1.42. The maximum absolute atomic E-state index is 14.0. The van der Waals surface area contributed by atoms with Gasteiger partial charge in [0, 0.05) is 37.1 Å². The number of piperidine rings is 1. The number of rotatable bonds is 6. The molecule has 4 aromatic heterocycles. The molecule has 1 aliphatic heterocycles. The highest BCUT2D eigenvalue weighted by Gasteiger charge is 2.37. The van der Waals surface area contributed by atoms with E-state index in [-0.39, 0.29) is 23.6 Å². The number of hydrogen-bond donors (Lipinski definition) is 2. The first kappa shape index (κ1) is 28.0. The van der Waals surface area contributed by atoms with Gasteiger partial charge in [-0.15, -0.1) is 0 Å². The number of amides is 1. The van der Waals surface area contributed by atoms with Crippen LogP contribution in [0.5, 0.6) is 17.4 Å². The van der Waals surface area contributed by atoms with Gasteiger partial charge in [-0.3, -0.25) is 9.78 Å². The number of ether oxygens (including phenoxy) is 2. The fraction of sp³-hybridized carbons (Fsp3) is 0.400. The maximum Gasteiger partial charge on any atom is 0.421 e. The zero-order valence-corrected chi connectivity index (χ0v) is 23.2. The van der Waals surface area contributed by atoms with Gasteiger partial charge >= 0.3 is 6.18 Å². The van der Waals surface area contributed by atoms with E-state index in [0.717, 1.165) is 35.8 Å². The molecule has 4 aromatic rings. The summed E-state index contributed by atoms with van der Waals surface area (Å²) in [5.74, 6) is -0.176. The molecule has 1 amide bonds. The highest BCUT2D eigenvalue weighted by atomic mass is 19.4. The Hall–Kier alpha value is -4.19. The van der Waals surface area contributed by atoms with E-state index in [1.807, 2.05) is 26.1 Å². The minimum atomic E-state index is -4.68. The van der Waals surface area contributed by atoms with Gasteiger partial charge in [0.2, 0.25) is 11.8 Å². The van der Waals surface area contributed by atoms with Crippen LogP contribution in [0.4, 0.5) is 18.9 Å². The Morgan fingerprint density at radius 2 is 1.93 bits per heavy atom. The van der Waals surface area contributed by atoms with Crippen LogP contribution in [-0.2, 0) is 17.4 Å². The van der Waals surface area contributed by atoms with Gasteiger partial charge in [-0.2, -0.15) is 13.2 Å². The van der Waals surface area contributed by atoms with Crippen molar-refractivity contribution in [2.45, 2.75) is 50.8 Å². The predicted molar refractivity (Wildman–Crippen MR) is 150 cm³/mol. The lowest BCUT2D eigenvalue weighted by Crippen LogP contribution is -2.36. The second-order valence-corrected chi connectivity index (χ2v) is 11.1. The van der Waals surface area contributed by atoms with Gasteiger partial charge in [-0.25, -0.2) is 9.97 Å². The Balaban J connectivity index is 1.17. The molecule has 0 radical (unpaired) electrons. The Bertz CT molecular complexity index is 1600. The Morgan fingerprint density at radius 3 is 2.71 bits per heavy atom. The average Bonchev–Trinajstić information content (AvgIpc) is 3.44. The van der Waals surface area contributed by atoms with E-state index in [4.69, 9.17) is 9.47 Å². The van der Waals surface area contributed by atoms with E-state index >= 15 is 0 Å². The number of hydrogen-bond acceptors (Lipinski definition) is 7. The molecule has 0 spiro atoms. The summed E-state index contributed by atoms with van der Waals surface area (Å²) < 4.78 is 53.6. The van der Waals surface area contributed by atoms with E-state index in [1.165, 1.54) is 6.20 Å². The van der Waals surface area contributed by atoms with Crippen molar-refractivity contribution in [3.05, 3.63) is 65.9 Å². The van der Waals surface area contributed by atoms with Crippen LogP contribution in [0.3, 0.4) is 0 Å². The molecule has 1 fully saturated rings. The van der Waals surface area contributed by atoms with Crippen molar-refractivity contribution < 1.29 is 27.4 Å². The summed E-state index contributed by atoms with van der Waals surface area (Å²) in [5, 5.41) is 3.49. The van der Waals surface area contributed by atoms with Crippen LogP contribution in [0.15, 0.2) is 49.1 Å². The minimum absolute atomic E-state index is 0.0231. The molecule has 2 unspecified atom stereocenters. The van der Waals surface area contributed by atoms with Crippen LogP contribution >= 0.6 is 0 Å². The number of carbonyl (C=O) groups is 1. The third-order valence-electron chi connectivity index (χ3n) is 7.93. The topological polar surface area (TPSA) is 105 Å². The van der Waals surface area contributed by atoms with Gasteiger partial charge in [-0.05, 0) is 68.5 Å². The molecular weight excluding hydrogens is 549 g/mol. The number of aromatic nitrogens is 4. The van der Waals surface area contributed by atoms with Gasteiger partial charge < -0.3 is 24.7 Å². The normalized spacial score (nSPS) is 19.8. The van der Waals surface area contributed by atoms with E-state index in [1.54, 1.807) is 24.7 Å². The number of carbonyl (C=O) groups excluding carboxylic acids is 1. The van der Waals surface area contributed by atoms with Crippen LogP contribution < -0.4 is 14.8 Å². The number of nitrogens with zero attached hydrogens (tertiary/aromatic N) is 4. The Labute approximate surface area is 240 Å². The number of aromatic amines is 1. The molecule has 5 heterocycles. The first-order valence-electron chi connectivity index (χ1n) is 14.0. The average molecular weight is 581 g/mol. The molecule has 6 rings (SSSR count). The molecule has 220 valence electrons. The van der Waals surface area contributed by atoms with Crippen molar-refractivity contribution in [1.82, 2.24) is 24.8 Å². The number of anilines is 1. The molecule has 42 heavy (non-hydrogen) atoms. The number of nitrogens with one attached hydrogen (secondary N) is 2. The van der Waals surface area contributed by atoms with Crippen molar-refractivity contribution in [1.29, 1.82) is 0 Å². The second-order valence-electron chi connectivity index (χ2n) is 11.1. The zero-order chi connectivity index (χ0) is 29.4. The quantitative estimate of drug-likeness (QED) is 0.291. The zero-order valence-electron chi connectivity index (χ0n) is 23.2. The van der Waals surface area contributed by atoms with Gasteiger partial charge in [0.1, 0.15) is 28.8 Å². The summed E-state index contributed by atoms with van der Waals surface area (Å²) in [6, 6.07) is 6.41. The molecule has 0 aromatic carbocycles. The van der Waals surface area contributed by atoms with Gasteiger partial charge in [0.15, 0.2) is 0 Å². The van der Waals surface area contributed by atoms with Gasteiger partial charge in [0.05, 0.1) is 23.5 Å². The second kappa shape index (κ2) is 11.2. The summed E-state index contributed by atoms with van der Waals surface area (Å²) in [6.45, 7) is 3.47. The summed E-state index contributed by atoms with van der Waals surface area (Å²) >= 11 is 0. The van der Waals surface area contributed by atoms with Crippen molar-refractivity contribution in [2.24, 2.45) is 5.92 Å². The molecule has 0 bridgehead atoms. The lowest BCUT2D eigenvalue weighted by molar-refractivity contribution is -0.139. The number of likely N-dealkylation sites (tertiary alicyclic amines) is 1. The van der Waals surface area contributed by atoms with Crippen molar-refractivity contribution in [3.63, 3.8) is 0 Å². The number of halogens is 3. The van der Waals surface area contributed by atoms with Crippen LogP contribution in [0.2, 0.25) is 0 Å². The van der Waals surface area contributed by atoms with E-state index in [9.17, 15) is 18.0 Å². The monoisotopic (exact) mass is 580 g/mol. The number of alkyl halides is 3. The number of pyridine rings is 3. The van der Waals surface area contributed by atoms with Crippen molar-refractivity contribution in [3.8, 4) is 17.4 Å². The molecular formula is C30H31F3N6O3. The van der Waals surface area contributed by atoms with Crippen LogP contribution in [-0.4, -0.2) is 57.0 Å². The summed E-state index contributed by atoms with van der Waals surface area (Å²) in [4.78, 5) is 31.3. The molecule has 2 atom stereocenters. The Kier molecular flexibility index (Phi) is 7.48. The van der Waals surface area contributed by atoms with E-state index < -0.39 is 23.5 Å². The van der Waals surface area contributed by atoms with E-state index in [0.29, 0.717) is 42.8 Å². The minimum Gasteiger partial charge on any atom is -0.474 e. The van der Waals surface area contributed by atoms with Crippen LogP contribution in [0, 0.1) is 5.92 Å². The van der Waals surface area contributed by atoms with Crippen molar-refractivity contribution >= 4 is 22.6 Å². The number of fused-ring (bicyclic) bond motifs is 2. The van der Waals surface area contributed by atoms with Crippen LogP contribution in [0.25, 0.3) is 11.0 Å². The predicted octanol–water partition coefficient (Wildman–Crippen LogP) is 5.94. The maximum atomic E-state index is 14.0. The SMILES string of the molecule is CC1CC(C(=O)Nc2cnc(OC3CCN(C)CC3)c(C(F)(F)F)c2)Cc2cc(Oc3ccnc4[nH]ccc34)cnc21. The standard InChI is InChI=1S/C30H31F3N6O3/c1-17-11-19(12-18-13-22(16-36-26(17)18)41-25-4-8-35-27-23(25)3-7-34-27)28(40)38-20-14-24(30(31,32)33)29(37-15-20)42-21-5-9-39(2)10-6-21/h3-4,7-8,13-17,19,21H,5-6,9-12H2,1-2H3,(H,34,35)(H,38,40). The summed E-state index contributed by atoms with van der Waals surface area (Å²) in [7, 11) is 1.96. The molecule has 2 aliphatic rings. The van der Waals surface area contributed by atoms with Gasteiger partial charge in [0.25, 0.3) is 0 Å². The molecule has 9 nitrogen and oxygen atoms in total. The first-order valence-corrected chi connectivity index (χ1v) is 14.0. The molecule has 2 N–H and O–H groups in total. The van der Waals surface area contributed by atoms with Crippen LogP contribution in [0.1, 0.15) is 48.9 Å². The van der Waals surface area contributed by atoms with Crippen molar-refractivity contribution in [2.75, 3.05) is 25.5 Å². The largest absolute Gasteiger partial charge is 0.474 e. The molecule has 1 saturated heterocycles. The molecule has 1 aliphatic carbocycles. The smallest absolute Gasteiger partial charge is 0.421 e. The lowest BCUT2D eigenvalue weighted by Gasteiger charge is -2.30.